The van der Waals surface area contributed by atoms with E-state index in [9.17, 15) is 10.5 Å². The minimum absolute atomic E-state index is 0.373. The summed E-state index contributed by atoms with van der Waals surface area (Å²) in [6.07, 6.45) is 5.84. The molecule has 8 aromatic carbocycles. The maximum absolute atomic E-state index is 12.1. The molecule has 0 spiro atoms. The number of rotatable bonds is 6. The molecule has 0 fully saturated rings. The molecule has 4 heterocycles. The van der Waals surface area contributed by atoms with Gasteiger partial charge >= 0.3 is 0 Å². The van der Waals surface area contributed by atoms with Gasteiger partial charge in [0.2, 0.25) is 0 Å². The minimum atomic E-state index is 0.373. The van der Waals surface area contributed by atoms with E-state index in [1.54, 1.807) is 6.08 Å². The van der Waals surface area contributed by atoms with E-state index in [1.165, 1.54) is 0 Å². The van der Waals surface area contributed by atoms with Gasteiger partial charge in [-0.25, -0.2) is 0 Å². The minimum Gasteiger partial charge on any atom is -0.306 e. The number of aryl methyl sites for hydroxylation is 1. The van der Waals surface area contributed by atoms with Crippen LogP contribution >= 0.6 is 0 Å². The molecule has 0 unspecified atom stereocenters. The molecule has 0 atom stereocenters. The van der Waals surface area contributed by atoms with Crippen LogP contribution in [0.25, 0.3) is 105 Å². The van der Waals surface area contributed by atoms with Gasteiger partial charge in [0.1, 0.15) is 23.3 Å². The van der Waals surface area contributed by atoms with Gasteiger partial charge in [0, 0.05) is 43.4 Å². The van der Waals surface area contributed by atoms with Gasteiger partial charge in [0.15, 0.2) is 0 Å². The Morgan fingerprint density at radius 1 is 0.381 bits per heavy atom. The number of para-hydroxylation sites is 7. The summed E-state index contributed by atoms with van der Waals surface area (Å²) in [6.45, 7) is 6.21. The third-order valence-corrected chi connectivity index (χ3v) is 12.8. The van der Waals surface area contributed by atoms with E-state index in [-0.39, 0.29) is 0 Å². The summed E-state index contributed by atoms with van der Waals surface area (Å²) in [5, 5.41) is 31.6. The molecule has 0 aliphatic heterocycles. The summed E-state index contributed by atoms with van der Waals surface area (Å²) in [6, 6.07) is 64.2. The van der Waals surface area contributed by atoms with Gasteiger partial charge in [-0.2, -0.15) is 10.5 Å². The van der Waals surface area contributed by atoms with Gasteiger partial charge in [-0.1, -0.05) is 146 Å². The lowest BCUT2D eigenvalue weighted by Gasteiger charge is -2.27. The van der Waals surface area contributed by atoms with E-state index < -0.39 is 0 Å². The standard InChI is InChI=1S/C57H36N6/c1-3-4-26-46-36(2)37-19-5-12-27-47(37)60(46)57-55(62-50-30-15-8-22-40(50)41-23-9-16-31-51(41)62)44(34-58)54(61-48-28-13-6-20-38(48)39-21-7-14-29-49(39)61)45(35-59)56(57)63-52-32-17-10-24-42(52)43-25-11-18-33-53(43)63/h3-33H,1H2,2H3/b26-4-. The average Bonchev–Trinajstić information content (AvgIpc) is 4.05. The van der Waals surface area contributed by atoms with Crippen LogP contribution in [0.4, 0.5) is 0 Å². The molecule has 0 aliphatic rings. The van der Waals surface area contributed by atoms with Crippen molar-refractivity contribution in [1.29, 1.82) is 10.5 Å². The molecule has 63 heavy (non-hydrogen) atoms. The van der Waals surface area contributed by atoms with Crippen molar-refractivity contribution in [2.75, 3.05) is 0 Å². The predicted molar refractivity (Wildman–Crippen MR) is 260 cm³/mol. The lowest BCUT2D eigenvalue weighted by molar-refractivity contribution is 0.995. The van der Waals surface area contributed by atoms with Crippen molar-refractivity contribution in [3.05, 3.63) is 211 Å². The first-order chi connectivity index (χ1) is 31.1. The van der Waals surface area contributed by atoms with Crippen LogP contribution in [-0.4, -0.2) is 18.3 Å². The lowest BCUT2D eigenvalue weighted by Crippen LogP contribution is -2.17. The van der Waals surface area contributed by atoms with Crippen LogP contribution in [0.2, 0.25) is 0 Å². The number of hydrogen-bond acceptors (Lipinski definition) is 2. The topological polar surface area (TPSA) is 67.3 Å². The predicted octanol–water partition coefficient (Wildman–Crippen LogP) is 14.2. The normalized spacial score (nSPS) is 11.9. The molecule has 0 amide bonds. The molecule has 6 nitrogen and oxygen atoms in total. The Hall–Kier alpha value is -8.84. The summed E-state index contributed by atoms with van der Waals surface area (Å²) in [5.41, 5.74) is 11.8. The van der Waals surface area contributed by atoms with Crippen LogP contribution in [0.15, 0.2) is 189 Å². The summed E-state index contributed by atoms with van der Waals surface area (Å²) in [4.78, 5) is 0. The smallest absolute Gasteiger partial charge is 0.104 e. The molecule has 4 aromatic heterocycles. The number of aromatic nitrogens is 4. The third-order valence-electron chi connectivity index (χ3n) is 12.8. The zero-order valence-electron chi connectivity index (χ0n) is 34.3. The summed E-state index contributed by atoms with van der Waals surface area (Å²) >= 11 is 0. The van der Waals surface area contributed by atoms with Gasteiger partial charge in [-0.05, 0) is 61.0 Å². The van der Waals surface area contributed by atoms with Crippen LogP contribution in [0.5, 0.6) is 0 Å². The Morgan fingerprint density at radius 3 is 0.984 bits per heavy atom. The number of hydrogen-bond donors (Lipinski definition) is 0. The molecule has 294 valence electrons. The second kappa shape index (κ2) is 13.9. The van der Waals surface area contributed by atoms with E-state index in [0.717, 1.165) is 87.6 Å². The van der Waals surface area contributed by atoms with Crippen LogP contribution in [-0.2, 0) is 0 Å². The van der Waals surface area contributed by atoms with Crippen molar-refractivity contribution in [3.63, 3.8) is 0 Å². The van der Waals surface area contributed by atoms with E-state index >= 15 is 0 Å². The fourth-order valence-corrected chi connectivity index (χ4v) is 10.3. The van der Waals surface area contributed by atoms with Crippen molar-refractivity contribution < 1.29 is 0 Å². The Bertz CT molecular complexity index is 3720. The Morgan fingerprint density at radius 2 is 0.667 bits per heavy atom. The molecule has 12 aromatic rings. The first-order valence-corrected chi connectivity index (χ1v) is 21.0. The number of nitrogens with zero attached hydrogens (tertiary/aromatic N) is 6. The first-order valence-electron chi connectivity index (χ1n) is 21.0. The summed E-state index contributed by atoms with van der Waals surface area (Å²) in [7, 11) is 0. The molecule has 0 N–H and O–H groups in total. The molecule has 0 saturated heterocycles. The maximum atomic E-state index is 12.1. The molecule has 12 rings (SSSR count). The van der Waals surface area contributed by atoms with E-state index in [0.29, 0.717) is 33.9 Å². The van der Waals surface area contributed by atoms with Gasteiger partial charge in [-0.3, -0.25) is 0 Å². The van der Waals surface area contributed by atoms with Crippen molar-refractivity contribution in [2.24, 2.45) is 0 Å². The summed E-state index contributed by atoms with van der Waals surface area (Å²) in [5.74, 6) is 0. The average molecular weight is 805 g/mol. The zero-order valence-corrected chi connectivity index (χ0v) is 34.3. The second-order valence-corrected chi connectivity index (χ2v) is 15.9. The zero-order chi connectivity index (χ0) is 42.3. The van der Waals surface area contributed by atoms with Crippen molar-refractivity contribution >= 4 is 82.4 Å². The fourth-order valence-electron chi connectivity index (χ4n) is 10.3. The number of benzene rings is 8. The Balaban J connectivity index is 1.46. The van der Waals surface area contributed by atoms with Crippen LogP contribution in [0.1, 0.15) is 22.4 Å². The molecular weight excluding hydrogens is 769 g/mol. The molecular formula is C57H36N6. The lowest BCUT2D eigenvalue weighted by atomic mass is 9.98. The highest BCUT2D eigenvalue weighted by Crippen LogP contribution is 2.48. The highest BCUT2D eigenvalue weighted by molar-refractivity contribution is 6.14. The largest absolute Gasteiger partial charge is 0.306 e. The van der Waals surface area contributed by atoms with E-state index in [1.807, 2.05) is 30.3 Å². The Kier molecular flexibility index (Phi) is 7.93. The maximum Gasteiger partial charge on any atom is 0.104 e. The fraction of sp³-hybridized carbons (Fsp3) is 0.0175. The molecule has 6 heteroatoms. The van der Waals surface area contributed by atoms with Crippen molar-refractivity contribution in [1.82, 2.24) is 18.3 Å². The van der Waals surface area contributed by atoms with Gasteiger partial charge in [0.25, 0.3) is 0 Å². The van der Waals surface area contributed by atoms with E-state index in [4.69, 9.17) is 0 Å². The van der Waals surface area contributed by atoms with E-state index in [2.05, 4.69) is 196 Å². The number of fused-ring (bicyclic) bond motifs is 10. The third kappa shape index (κ3) is 4.92. The number of nitriles is 2. The first kappa shape index (κ1) is 36.0. The van der Waals surface area contributed by atoms with Crippen LogP contribution < -0.4 is 0 Å². The second-order valence-electron chi connectivity index (χ2n) is 15.9. The highest BCUT2D eigenvalue weighted by Gasteiger charge is 2.34. The molecule has 0 bridgehead atoms. The van der Waals surface area contributed by atoms with Crippen LogP contribution in [0.3, 0.4) is 0 Å². The SMILES string of the molecule is C=C/C=C\c1c(C)c2ccccc2n1-c1c(-n2c3ccccc3c3ccccc32)c(C#N)c(-n2c3ccccc3c3ccccc32)c(C#N)c1-n1c2ccccc2c2ccccc21. The van der Waals surface area contributed by atoms with Crippen molar-refractivity contribution in [2.45, 2.75) is 6.92 Å². The quantitative estimate of drug-likeness (QED) is 0.157. The van der Waals surface area contributed by atoms with Gasteiger partial charge < -0.3 is 18.3 Å². The molecule has 0 radical (unpaired) electrons. The molecule has 0 saturated carbocycles. The molecule has 0 aliphatic carbocycles. The van der Waals surface area contributed by atoms with Gasteiger partial charge in [-0.15, -0.1) is 0 Å². The summed E-state index contributed by atoms with van der Waals surface area (Å²) < 4.78 is 8.96. The monoisotopic (exact) mass is 804 g/mol. The van der Waals surface area contributed by atoms with Gasteiger partial charge in [0.05, 0.1) is 61.4 Å². The van der Waals surface area contributed by atoms with Crippen LogP contribution in [0, 0.1) is 29.6 Å². The Labute approximate surface area is 362 Å². The highest BCUT2D eigenvalue weighted by atomic mass is 15.1. The van der Waals surface area contributed by atoms with Crippen molar-refractivity contribution in [3.8, 4) is 34.9 Å². The number of allylic oxidation sites excluding steroid dienone is 2.